The average Bonchev–Trinajstić information content (AvgIpc) is 2.84. The maximum Gasteiger partial charge on any atom is 0.194 e. The van der Waals surface area contributed by atoms with E-state index in [2.05, 4.69) is 11.9 Å². The molecule has 1 N–H and O–H groups in total. The zero-order chi connectivity index (χ0) is 10.7. The third-order valence-corrected chi connectivity index (χ3v) is 3.32. The number of aromatic nitrogens is 2. The lowest BCUT2D eigenvalue weighted by molar-refractivity contribution is 0.284. The van der Waals surface area contributed by atoms with Crippen LogP contribution in [0.1, 0.15) is 23.9 Å². The number of aliphatic hydroxyl groups is 1. The van der Waals surface area contributed by atoms with Gasteiger partial charge in [-0.05, 0) is 18.6 Å². The van der Waals surface area contributed by atoms with E-state index in [1.165, 1.54) is 0 Å². The Labute approximate surface area is 93.0 Å². The molecule has 2 aromatic heterocycles. The molecule has 4 heteroatoms. The Morgan fingerprint density at radius 2 is 2.13 bits per heavy atom. The van der Waals surface area contributed by atoms with Crippen LogP contribution >= 0.6 is 11.3 Å². The fourth-order valence-electron chi connectivity index (χ4n) is 1.50. The summed E-state index contributed by atoms with van der Waals surface area (Å²) in [6, 6.07) is 3.94. The summed E-state index contributed by atoms with van der Waals surface area (Å²) in [5.74, 6) is 0. The molecule has 0 fully saturated rings. The minimum Gasteiger partial charge on any atom is -0.391 e. The van der Waals surface area contributed by atoms with Gasteiger partial charge in [0.15, 0.2) is 5.13 Å². The quantitative estimate of drug-likeness (QED) is 0.862. The second kappa shape index (κ2) is 4.59. The minimum absolute atomic E-state index is 0.0915. The van der Waals surface area contributed by atoms with Crippen LogP contribution in [0.3, 0.4) is 0 Å². The van der Waals surface area contributed by atoms with Gasteiger partial charge in [-0.3, -0.25) is 0 Å². The first kappa shape index (κ1) is 10.4. The molecule has 15 heavy (non-hydrogen) atoms. The summed E-state index contributed by atoms with van der Waals surface area (Å²) in [7, 11) is 0. The van der Waals surface area contributed by atoms with E-state index in [0.717, 1.165) is 28.5 Å². The van der Waals surface area contributed by atoms with Crippen LogP contribution < -0.4 is 0 Å². The maximum atomic E-state index is 9.22. The van der Waals surface area contributed by atoms with E-state index in [4.69, 9.17) is 0 Å². The minimum atomic E-state index is 0.0915. The molecule has 0 unspecified atom stereocenters. The lowest BCUT2D eigenvalue weighted by Gasteiger charge is -1.94. The normalized spacial score (nSPS) is 10.8. The molecule has 0 aliphatic heterocycles. The van der Waals surface area contributed by atoms with Gasteiger partial charge < -0.3 is 9.67 Å². The third kappa shape index (κ3) is 2.11. The summed E-state index contributed by atoms with van der Waals surface area (Å²) in [5, 5.41) is 10.2. The first-order valence-corrected chi connectivity index (χ1v) is 5.89. The highest BCUT2D eigenvalue weighted by Gasteiger charge is 2.10. The van der Waals surface area contributed by atoms with Crippen LogP contribution in [-0.2, 0) is 13.0 Å². The molecule has 0 radical (unpaired) electrons. The zero-order valence-corrected chi connectivity index (χ0v) is 9.50. The molecule has 0 bridgehead atoms. The van der Waals surface area contributed by atoms with Gasteiger partial charge in [-0.15, -0.1) is 0 Å². The number of aliphatic hydroxyl groups excluding tert-OH is 1. The fourth-order valence-corrected chi connectivity index (χ4v) is 2.43. The van der Waals surface area contributed by atoms with Gasteiger partial charge in [-0.1, -0.05) is 24.7 Å². The van der Waals surface area contributed by atoms with Crippen molar-refractivity contribution in [3.8, 4) is 5.13 Å². The predicted molar refractivity (Wildman–Crippen MR) is 61.4 cm³/mol. The summed E-state index contributed by atoms with van der Waals surface area (Å²) >= 11 is 1.56. The van der Waals surface area contributed by atoms with E-state index in [1.54, 1.807) is 11.3 Å². The van der Waals surface area contributed by atoms with Gasteiger partial charge in [0, 0.05) is 12.4 Å². The number of hydrogen-bond donors (Lipinski definition) is 1. The van der Waals surface area contributed by atoms with Crippen LogP contribution in [0, 0.1) is 0 Å². The molecule has 2 heterocycles. The Morgan fingerprint density at radius 3 is 2.73 bits per heavy atom. The van der Waals surface area contributed by atoms with Crippen molar-refractivity contribution in [2.45, 2.75) is 26.4 Å². The molecule has 0 aromatic carbocycles. The summed E-state index contributed by atoms with van der Waals surface area (Å²) in [5.41, 5.74) is 1.04. The van der Waals surface area contributed by atoms with Crippen LogP contribution in [0.5, 0.6) is 0 Å². The molecular weight excluding hydrogens is 208 g/mol. The standard InChI is InChI=1S/C11H14N2OS/c1-2-5-9-10(8-14)15-11(12-9)13-6-3-4-7-13/h3-4,6-7,14H,2,5,8H2,1H3. The van der Waals surface area contributed by atoms with Crippen LogP contribution in [0.2, 0.25) is 0 Å². The van der Waals surface area contributed by atoms with Gasteiger partial charge >= 0.3 is 0 Å². The Hall–Kier alpha value is -1.13. The average molecular weight is 222 g/mol. The first-order chi connectivity index (χ1) is 7.35. The molecule has 0 spiro atoms. The summed E-state index contributed by atoms with van der Waals surface area (Å²) in [6.07, 6.45) is 5.93. The molecule has 2 aromatic rings. The van der Waals surface area contributed by atoms with E-state index in [1.807, 2.05) is 29.1 Å². The summed E-state index contributed by atoms with van der Waals surface area (Å²) in [6.45, 7) is 2.21. The van der Waals surface area contributed by atoms with Crippen molar-refractivity contribution in [3.63, 3.8) is 0 Å². The van der Waals surface area contributed by atoms with Crippen molar-refractivity contribution in [1.82, 2.24) is 9.55 Å². The number of hydrogen-bond acceptors (Lipinski definition) is 3. The van der Waals surface area contributed by atoms with E-state index in [9.17, 15) is 5.11 Å². The van der Waals surface area contributed by atoms with Crippen molar-refractivity contribution in [3.05, 3.63) is 35.1 Å². The zero-order valence-electron chi connectivity index (χ0n) is 8.68. The molecule has 0 aliphatic rings. The van der Waals surface area contributed by atoms with E-state index >= 15 is 0 Å². The highest BCUT2D eigenvalue weighted by atomic mass is 32.1. The van der Waals surface area contributed by atoms with E-state index in [0.29, 0.717) is 0 Å². The van der Waals surface area contributed by atoms with Crippen LogP contribution in [0.15, 0.2) is 24.5 Å². The van der Waals surface area contributed by atoms with Gasteiger partial charge in [-0.2, -0.15) is 0 Å². The Morgan fingerprint density at radius 1 is 1.40 bits per heavy atom. The molecule has 3 nitrogen and oxygen atoms in total. The van der Waals surface area contributed by atoms with Crippen molar-refractivity contribution >= 4 is 11.3 Å². The maximum absolute atomic E-state index is 9.22. The molecule has 0 atom stereocenters. The molecule has 2 rings (SSSR count). The fraction of sp³-hybridized carbons (Fsp3) is 0.364. The second-order valence-corrected chi connectivity index (χ2v) is 4.43. The molecule has 0 aliphatic carbocycles. The monoisotopic (exact) mass is 222 g/mol. The van der Waals surface area contributed by atoms with Gasteiger partial charge in [0.25, 0.3) is 0 Å². The predicted octanol–water partition coefficient (Wildman–Crippen LogP) is 2.38. The number of nitrogens with zero attached hydrogens (tertiary/aromatic N) is 2. The smallest absolute Gasteiger partial charge is 0.194 e. The van der Waals surface area contributed by atoms with E-state index in [-0.39, 0.29) is 6.61 Å². The Balaban J connectivity index is 2.34. The van der Waals surface area contributed by atoms with Crippen molar-refractivity contribution in [2.75, 3.05) is 0 Å². The van der Waals surface area contributed by atoms with E-state index < -0.39 is 0 Å². The van der Waals surface area contributed by atoms with Crippen molar-refractivity contribution < 1.29 is 5.11 Å². The molecular formula is C11H14N2OS. The lowest BCUT2D eigenvalue weighted by Crippen LogP contribution is -1.91. The Bertz CT molecular complexity index is 420. The van der Waals surface area contributed by atoms with Gasteiger partial charge in [-0.25, -0.2) is 4.98 Å². The third-order valence-electron chi connectivity index (χ3n) is 2.22. The lowest BCUT2D eigenvalue weighted by atomic mass is 10.2. The van der Waals surface area contributed by atoms with Crippen LogP contribution in [-0.4, -0.2) is 14.7 Å². The van der Waals surface area contributed by atoms with Crippen molar-refractivity contribution in [2.24, 2.45) is 0 Å². The largest absolute Gasteiger partial charge is 0.391 e. The highest BCUT2D eigenvalue weighted by Crippen LogP contribution is 2.23. The van der Waals surface area contributed by atoms with Gasteiger partial charge in [0.1, 0.15) is 0 Å². The van der Waals surface area contributed by atoms with Gasteiger partial charge in [0.05, 0.1) is 17.2 Å². The number of rotatable bonds is 4. The van der Waals surface area contributed by atoms with Crippen LogP contribution in [0.4, 0.5) is 0 Å². The molecule has 0 saturated heterocycles. The molecule has 0 saturated carbocycles. The van der Waals surface area contributed by atoms with Crippen molar-refractivity contribution in [1.29, 1.82) is 0 Å². The number of aryl methyl sites for hydroxylation is 1. The SMILES string of the molecule is CCCc1nc(-n2cccc2)sc1CO. The second-order valence-electron chi connectivity index (χ2n) is 3.36. The highest BCUT2D eigenvalue weighted by molar-refractivity contribution is 7.14. The molecule has 80 valence electrons. The topological polar surface area (TPSA) is 38.0 Å². The van der Waals surface area contributed by atoms with Gasteiger partial charge in [0.2, 0.25) is 0 Å². The van der Waals surface area contributed by atoms with Crippen LogP contribution in [0.25, 0.3) is 5.13 Å². The molecule has 0 amide bonds. The first-order valence-electron chi connectivity index (χ1n) is 5.08. The summed E-state index contributed by atoms with van der Waals surface area (Å²) in [4.78, 5) is 5.52. The Kier molecular flexibility index (Phi) is 3.18. The number of thiazole rings is 1. The summed E-state index contributed by atoms with van der Waals surface area (Å²) < 4.78 is 1.98.